The Morgan fingerprint density at radius 1 is 0.786 bits per heavy atom. The van der Waals surface area contributed by atoms with E-state index in [1.54, 1.807) is 0 Å². The van der Waals surface area contributed by atoms with Gasteiger partial charge in [-0.05, 0) is 11.8 Å². The fourth-order valence-electron chi connectivity index (χ4n) is 2.96. The molecule has 0 radical (unpaired) electrons. The SMILES string of the molecule is CCCC1CCCCC(CC)CCC1. The zero-order valence-corrected chi connectivity index (χ0v) is 10.2. The van der Waals surface area contributed by atoms with Crippen LogP contribution in [0.5, 0.6) is 0 Å². The van der Waals surface area contributed by atoms with Crippen LogP contribution in [0.4, 0.5) is 0 Å². The minimum atomic E-state index is 1.05. The molecule has 1 aliphatic carbocycles. The molecule has 0 bridgehead atoms. The Hall–Kier alpha value is 0. The molecule has 84 valence electrons. The maximum absolute atomic E-state index is 2.37. The molecule has 0 aromatic carbocycles. The summed E-state index contributed by atoms with van der Waals surface area (Å²) >= 11 is 0. The fourth-order valence-corrected chi connectivity index (χ4v) is 2.96. The van der Waals surface area contributed by atoms with Gasteiger partial charge < -0.3 is 0 Å². The van der Waals surface area contributed by atoms with Crippen molar-refractivity contribution in [1.29, 1.82) is 0 Å². The van der Waals surface area contributed by atoms with E-state index in [1.165, 1.54) is 64.2 Å². The molecule has 0 N–H and O–H groups in total. The molecule has 0 saturated heterocycles. The van der Waals surface area contributed by atoms with Crippen molar-refractivity contribution in [2.45, 2.75) is 78.1 Å². The molecular formula is C14H28. The van der Waals surface area contributed by atoms with Gasteiger partial charge >= 0.3 is 0 Å². The Balaban J connectivity index is 2.28. The molecule has 2 atom stereocenters. The van der Waals surface area contributed by atoms with Gasteiger partial charge in [0.1, 0.15) is 0 Å². The highest BCUT2D eigenvalue weighted by molar-refractivity contribution is 4.66. The molecule has 0 nitrogen and oxygen atoms in total. The van der Waals surface area contributed by atoms with Crippen molar-refractivity contribution in [3.63, 3.8) is 0 Å². The molecule has 1 fully saturated rings. The lowest BCUT2D eigenvalue weighted by atomic mass is 9.92. The molecule has 0 heterocycles. The van der Waals surface area contributed by atoms with Gasteiger partial charge in [-0.15, -0.1) is 0 Å². The van der Waals surface area contributed by atoms with Crippen LogP contribution in [0.25, 0.3) is 0 Å². The summed E-state index contributed by atoms with van der Waals surface area (Å²) in [6, 6.07) is 0. The Morgan fingerprint density at radius 3 is 2.00 bits per heavy atom. The van der Waals surface area contributed by atoms with Gasteiger partial charge in [0.05, 0.1) is 0 Å². The van der Waals surface area contributed by atoms with Crippen LogP contribution in [-0.4, -0.2) is 0 Å². The molecule has 1 aliphatic rings. The first-order valence-electron chi connectivity index (χ1n) is 6.86. The third-order valence-electron chi connectivity index (χ3n) is 3.97. The monoisotopic (exact) mass is 196 g/mol. The summed E-state index contributed by atoms with van der Waals surface area (Å²) in [5, 5.41) is 0. The molecule has 0 heteroatoms. The van der Waals surface area contributed by atoms with E-state index in [0.717, 1.165) is 11.8 Å². The van der Waals surface area contributed by atoms with Crippen LogP contribution < -0.4 is 0 Å². The fraction of sp³-hybridized carbons (Fsp3) is 1.00. The standard InChI is InChI=1S/C14H28/c1-3-8-14-10-6-5-9-13(4-2)11-7-12-14/h13-14H,3-12H2,1-2H3. The van der Waals surface area contributed by atoms with Crippen molar-refractivity contribution in [3.8, 4) is 0 Å². The van der Waals surface area contributed by atoms with Gasteiger partial charge in [-0.25, -0.2) is 0 Å². The molecule has 0 spiro atoms. The first kappa shape index (κ1) is 12.1. The number of hydrogen-bond donors (Lipinski definition) is 0. The van der Waals surface area contributed by atoms with Crippen LogP contribution in [0.3, 0.4) is 0 Å². The van der Waals surface area contributed by atoms with Crippen LogP contribution >= 0.6 is 0 Å². The zero-order valence-electron chi connectivity index (χ0n) is 10.2. The van der Waals surface area contributed by atoms with E-state index in [2.05, 4.69) is 13.8 Å². The van der Waals surface area contributed by atoms with Gasteiger partial charge in [0.15, 0.2) is 0 Å². The van der Waals surface area contributed by atoms with Crippen LogP contribution in [0, 0.1) is 11.8 Å². The third-order valence-corrected chi connectivity index (χ3v) is 3.97. The van der Waals surface area contributed by atoms with Crippen molar-refractivity contribution >= 4 is 0 Å². The van der Waals surface area contributed by atoms with E-state index >= 15 is 0 Å². The van der Waals surface area contributed by atoms with E-state index in [0.29, 0.717) is 0 Å². The Morgan fingerprint density at radius 2 is 1.36 bits per heavy atom. The minimum absolute atomic E-state index is 1.05. The lowest BCUT2D eigenvalue weighted by molar-refractivity contribution is 0.386. The average Bonchev–Trinajstić information content (AvgIpc) is 2.30. The van der Waals surface area contributed by atoms with Gasteiger partial charge in [-0.3, -0.25) is 0 Å². The summed E-state index contributed by atoms with van der Waals surface area (Å²) < 4.78 is 0. The van der Waals surface area contributed by atoms with Crippen molar-refractivity contribution in [1.82, 2.24) is 0 Å². The maximum Gasteiger partial charge on any atom is -0.0414 e. The third kappa shape index (κ3) is 4.48. The average molecular weight is 196 g/mol. The van der Waals surface area contributed by atoms with Gasteiger partial charge in [0.2, 0.25) is 0 Å². The molecule has 0 aliphatic heterocycles. The highest BCUT2D eigenvalue weighted by atomic mass is 14.2. The summed E-state index contributed by atoms with van der Waals surface area (Å²) in [5.41, 5.74) is 0. The lowest BCUT2D eigenvalue weighted by Crippen LogP contribution is -2.00. The predicted molar refractivity (Wildman–Crippen MR) is 64.5 cm³/mol. The van der Waals surface area contributed by atoms with Crippen molar-refractivity contribution in [3.05, 3.63) is 0 Å². The molecule has 1 saturated carbocycles. The second kappa shape index (κ2) is 7.31. The van der Waals surface area contributed by atoms with Crippen LogP contribution in [0.15, 0.2) is 0 Å². The van der Waals surface area contributed by atoms with E-state index in [4.69, 9.17) is 0 Å². The lowest BCUT2D eigenvalue weighted by Gasteiger charge is -2.14. The van der Waals surface area contributed by atoms with Gasteiger partial charge in [0, 0.05) is 0 Å². The Bertz CT molecular complexity index is 128. The second-order valence-electron chi connectivity index (χ2n) is 5.14. The van der Waals surface area contributed by atoms with E-state index in [1.807, 2.05) is 0 Å². The zero-order chi connectivity index (χ0) is 10.2. The summed E-state index contributed by atoms with van der Waals surface area (Å²) in [6.07, 6.45) is 14.8. The Labute approximate surface area is 90.5 Å². The topological polar surface area (TPSA) is 0 Å². The molecule has 0 aromatic rings. The highest BCUT2D eigenvalue weighted by Crippen LogP contribution is 2.28. The molecule has 14 heavy (non-hydrogen) atoms. The largest absolute Gasteiger partial charge is 0.0654 e. The first-order valence-corrected chi connectivity index (χ1v) is 6.86. The molecular weight excluding hydrogens is 168 g/mol. The van der Waals surface area contributed by atoms with Crippen LogP contribution in [0.1, 0.15) is 78.1 Å². The van der Waals surface area contributed by atoms with Crippen molar-refractivity contribution in [2.75, 3.05) is 0 Å². The minimum Gasteiger partial charge on any atom is -0.0654 e. The van der Waals surface area contributed by atoms with Gasteiger partial charge in [-0.2, -0.15) is 0 Å². The molecule has 0 aromatic heterocycles. The quantitative estimate of drug-likeness (QED) is 0.584. The van der Waals surface area contributed by atoms with Gasteiger partial charge in [-0.1, -0.05) is 78.1 Å². The van der Waals surface area contributed by atoms with E-state index in [-0.39, 0.29) is 0 Å². The van der Waals surface area contributed by atoms with E-state index < -0.39 is 0 Å². The van der Waals surface area contributed by atoms with Crippen molar-refractivity contribution < 1.29 is 0 Å². The molecule has 0 amide bonds. The Kier molecular flexibility index (Phi) is 6.31. The normalized spacial score (nSPS) is 30.4. The molecule has 2 unspecified atom stereocenters. The summed E-state index contributed by atoms with van der Waals surface area (Å²) in [5.74, 6) is 2.12. The summed E-state index contributed by atoms with van der Waals surface area (Å²) in [4.78, 5) is 0. The predicted octanol–water partition coefficient (Wildman–Crippen LogP) is 5.17. The van der Waals surface area contributed by atoms with Crippen LogP contribution in [0.2, 0.25) is 0 Å². The molecule has 1 rings (SSSR count). The summed E-state index contributed by atoms with van der Waals surface area (Å²) in [7, 11) is 0. The highest BCUT2D eigenvalue weighted by Gasteiger charge is 2.13. The van der Waals surface area contributed by atoms with Crippen molar-refractivity contribution in [2.24, 2.45) is 11.8 Å². The van der Waals surface area contributed by atoms with Gasteiger partial charge in [0.25, 0.3) is 0 Å². The number of hydrogen-bond acceptors (Lipinski definition) is 0. The second-order valence-corrected chi connectivity index (χ2v) is 5.14. The number of rotatable bonds is 3. The summed E-state index contributed by atoms with van der Waals surface area (Å²) in [6.45, 7) is 4.70. The smallest absolute Gasteiger partial charge is 0.0414 e. The van der Waals surface area contributed by atoms with Crippen LogP contribution in [-0.2, 0) is 0 Å². The van der Waals surface area contributed by atoms with E-state index in [9.17, 15) is 0 Å². The maximum atomic E-state index is 2.37. The first-order chi connectivity index (χ1) is 6.86.